The van der Waals surface area contributed by atoms with Gasteiger partial charge in [-0.15, -0.1) is 12.4 Å². The van der Waals surface area contributed by atoms with Crippen LogP contribution in [0, 0.1) is 5.92 Å². The van der Waals surface area contributed by atoms with Crippen LogP contribution in [-0.2, 0) is 0 Å². The number of rotatable bonds is 2. The highest BCUT2D eigenvalue weighted by Gasteiger charge is 2.14. The molecule has 1 nitrogen and oxygen atoms in total. The van der Waals surface area contributed by atoms with E-state index in [4.69, 9.17) is 0 Å². The Hall–Kier alpha value is -0.0100. The molecule has 1 aliphatic carbocycles. The number of hydrogen-bond donors (Lipinski definition) is 1. The second kappa shape index (κ2) is 5.66. The van der Waals surface area contributed by atoms with E-state index in [-0.39, 0.29) is 12.4 Å². The third-order valence-corrected chi connectivity index (χ3v) is 3.11. The molecule has 2 fully saturated rings. The quantitative estimate of drug-likeness (QED) is 0.678. The fourth-order valence-electron chi connectivity index (χ4n) is 2.32. The molecule has 13 heavy (non-hydrogen) atoms. The van der Waals surface area contributed by atoms with Gasteiger partial charge in [0, 0.05) is 6.04 Å². The van der Waals surface area contributed by atoms with Crippen molar-refractivity contribution in [2.24, 2.45) is 5.92 Å². The van der Waals surface area contributed by atoms with Crippen LogP contribution in [0.2, 0.25) is 0 Å². The molecule has 0 amide bonds. The summed E-state index contributed by atoms with van der Waals surface area (Å²) in [6, 6.07) is 0.700. The first-order valence-corrected chi connectivity index (χ1v) is 5.37. The predicted octanol–water partition coefficient (Wildman–Crippen LogP) is 2.91. The van der Waals surface area contributed by atoms with Gasteiger partial charge in [-0.1, -0.05) is 25.0 Å². The first-order valence-electron chi connectivity index (χ1n) is 5.37. The van der Waals surface area contributed by atoms with Crippen LogP contribution < -0.4 is 5.32 Å². The molecule has 1 N–H and O–H groups in total. The molecule has 0 aromatic rings. The summed E-state index contributed by atoms with van der Waals surface area (Å²) in [5.74, 6) is 0.910. The van der Waals surface area contributed by atoms with Crippen molar-refractivity contribution in [1.82, 2.24) is 5.32 Å². The van der Waals surface area contributed by atoms with Crippen molar-refractivity contribution >= 4 is 12.4 Å². The van der Waals surface area contributed by atoms with Gasteiger partial charge in [0.1, 0.15) is 0 Å². The number of nitrogens with one attached hydrogen (secondary N) is 1. The van der Waals surface area contributed by atoms with Gasteiger partial charge in [-0.25, -0.2) is 0 Å². The average molecular weight is 202 g/mol. The number of halogens is 1. The lowest BCUT2D eigenvalue weighted by molar-refractivity contribution is 0.664. The molecule has 0 radical (unpaired) electrons. The van der Waals surface area contributed by atoms with E-state index in [9.17, 15) is 0 Å². The lowest BCUT2D eigenvalue weighted by Crippen LogP contribution is -2.18. The Balaban J connectivity index is 0.000000845. The first kappa shape index (κ1) is 11.1. The summed E-state index contributed by atoms with van der Waals surface area (Å²) in [7, 11) is 0. The topological polar surface area (TPSA) is 12.0 Å². The highest BCUT2D eigenvalue weighted by Crippen LogP contribution is 2.26. The Morgan fingerprint density at radius 1 is 0.923 bits per heavy atom. The third-order valence-electron chi connectivity index (χ3n) is 3.11. The molecule has 2 rings (SSSR count). The van der Waals surface area contributed by atoms with E-state index in [1.54, 1.807) is 0 Å². The zero-order valence-corrected chi connectivity index (χ0v) is 8.98. The van der Waals surface area contributed by atoms with E-state index in [1.807, 2.05) is 0 Å². The minimum Gasteiger partial charge on any atom is -0.311 e. The summed E-state index contributed by atoms with van der Waals surface area (Å²) in [5.41, 5.74) is 0. The molecule has 1 unspecified atom stereocenters. The van der Waals surface area contributed by atoms with E-state index in [0.29, 0.717) is 6.04 Å². The summed E-state index contributed by atoms with van der Waals surface area (Å²) >= 11 is 0. The standard InChI is InChI=1S/C11H19N.ClH/c1-2-5-10(4-1)7-8-11-6-3-9-12-11;/h7-8,10-12H,1-6,9H2;1H/b8-7+;. The number of allylic oxidation sites excluding steroid dienone is 1. The zero-order chi connectivity index (χ0) is 8.23. The van der Waals surface area contributed by atoms with E-state index in [0.717, 1.165) is 5.92 Å². The van der Waals surface area contributed by atoms with Crippen LogP contribution in [0.4, 0.5) is 0 Å². The molecule has 1 heterocycles. The van der Waals surface area contributed by atoms with E-state index in [2.05, 4.69) is 17.5 Å². The van der Waals surface area contributed by atoms with Crippen LogP contribution in [0.5, 0.6) is 0 Å². The molecule has 0 aromatic heterocycles. The highest BCUT2D eigenvalue weighted by atomic mass is 35.5. The van der Waals surface area contributed by atoms with Crippen molar-refractivity contribution < 1.29 is 0 Å². The molecule has 1 saturated carbocycles. The molecule has 0 spiro atoms. The molecule has 76 valence electrons. The fourth-order valence-corrected chi connectivity index (χ4v) is 2.32. The van der Waals surface area contributed by atoms with Crippen LogP contribution in [-0.4, -0.2) is 12.6 Å². The van der Waals surface area contributed by atoms with Gasteiger partial charge in [-0.05, 0) is 38.1 Å². The van der Waals surface area contributed by atoms with E-state index in [1.165, 1.54) is 45.1 Å². The Morgan fingerprint density at radius 2 is 1.69 bits per heavy atom. The second-order valence-electron chi connectivity index (χ2n) is 4.13. The maximum Gasteiger partial charge on any atom is 0.0250 e. The largest absolute Gasteiger partial charge is 0.311 e. The lowest BCUT2D eigenvalue weighted by atomic mass is 10.1. The van der Waals surface area contributed by atoms with Crippen molar-refractivity contribution in [3.05, 3.63) is 12.2 Å². The van der Waals surface area contributed by atoms with Crippen LogP contribution in [0.1, 0.15) is 38.5 Å². The molecule has 1 saturated heterocycles. The maximum absolute atomic E-state index is 3.49. The highest BCUT2D eigenvalue weighted by molar-refractivity contribution is 5.85. The van der Waals surface area contributed by atoms with Gasteiger partial charge in [0.05, 0.1) is 0 Å². The molecular formula is C11H20ClN. The van der Waals surface area contributed by atoms with Gasteiger partial charge in [0.2, 0.25) is 0 Å². The zero-order valence-electron chi connectivity index (χ0n) is 8.17. The molecule has 0 bridgehead atoms. The minimum atomic E-state index is 0. The monoisotopic (exact) mass is 201 g/mol. The van der Waals surface area contributed by atoms with Crippen molar-refractivity contribution in [1.29, 1.82) is 0 Å². The minimum absolute atomic E-state index is 0. The summed E-state index contributed by atoms with van der Waals surface area (Å²) in [6.45, 7) is 1.22. The van der Waals surface area contributed by atoms with Gasteiger partial charge >= 0.3 is 0 Å². The SMILES string of the molecule is C(=C\C1CCCN1)/C1CCCC1.Cl. The first-order chi connectivity index (χ1) is 5.95. The molecule has 0 aromatic carbocycles. The van der Waals surface area contributed by atoms with E-state index < -0.39 is 0 Å². The average Bonchev–Trinajstić information content (AvgIpc) is 2.74. The Bertz CT molecular complexity index is 137. The van der Waals surface area contributed by atoms with E-state index >= 15 is 0 Å². The Labute approximate surface area is 87.4 Å². The van der Waals surface area contributed by atoms with Crippen LogP contribution >= 0.6 is 12.4 Å². The van der Waals surface area contributed by atoms with Crippen LogP contribution in [0.15, 0.2) is 12.2 Å². The van der Waals surface area contributed by atoms with Crippen molar-refractivity contribution in [3.8, 4) is 0 Å². The third kappa shape index (κ3) is 3.32. The summed E-state index contributed by atoms with van der Waals surface area (Å²) in [6.07, 6.45) is 13.3. The van der Waals surface area contributed by atoms with Gasteiger partial charge in [0.25, 0.3) is 0 Å². The predicted molar refractivity (Wildman–Crippen MR) is 59.4 cm³/mol. The van der Waals surface area contributed by atoms with Crippen LogP contribution in [0.25, 0.3) is 0 Å². The second-order valence-corrected chi connectivity index (χ2v) is 4.13. The maximum atomic E-state index is 3.49. The van der Waals surface area contributed by atoms with Crippen molar-refractivity contribution in [2.45, 2.75) is 44.6 Å². The van der Waals surface area contributed by atoms with Gasteiger partial charge < -0.3 is 5.32 Å². The van der Waals surface area contributed by atoms with Crippen molar-refractivity contribution in [3.63, 3.8) is 0 Å². The smallest absolute Gasteiger partial charge is 0.0250 e. The molecule has 2 heteroatoms. The van der Waals surface area contributed by atoms with Crippen molar-refractivity contribution in [2.75, 3.05) is 6.54 Å². The summed E-state index contributed by atoms with van der Waals surface area (Å²) in [5, 5.41) is 3.49. The number of hydrogen-bond acceptors (Lipinski definition) is 1. The fraction of sp³-hybridized carbons (Fsp3) is 0.818. The Kier molecular flexibility index (Phi) is 4.82. The van der Waals surface area contributed by atoms with Crippen LogP contribution in [0.3, 0.4) is 0 Å². The normalized spacial score (nSPS) is 29.7. The van der Waals surface area contributed by atoms with Gasteiger partial charge in [-0.3, -0.25) is 0 Å². The Morgan fingerprint density at radius 3 is 2.31 bits per heavy atom. The molecule has 1 aliphatic heterocycles. The molecule has 2 aliphatic rings. The summed E-state index contributed by atoms with van der Waals surface area (Å²) in [4.78, 5) is 0. The molecular weight excluding hydrogens is 182 g/mol. The lowest BCUT2D eigenvalue weighted by Gasteiger charge is -2.05. The van der Waals surface area contributed by atoms with Gasteiger partial charge in [0.15, 0.2) is 0 Å². The summed E-state index contributed by atoms with van der Waals surface area (Å²) < 4.78 is 0. The molecule has 1 atom stereocenters. The van der Waals surface area contributed by atoms with Gasteiger partial charge in [-0.2, -0.15) is 0 Å².